The molecule has 2 heterocycles. The summed E-state index contributed by atoms with van der Waals surface area (Å²) in [4.78, 5) is 23.0. The summed E-state index contributed by atoms with van der Waals surface area (Å²) in [6.45, 7) is 2.19. The van der Waals surface area contributed by atoms with Crippen LogP contribution in [0, 0.1) is 0 Å². The summed E-state index contributed by atoms with van der Waals surface area (Å²) in [7, 11) is 0. The molecule has 6 nitrogen and oxygen atoms in total. The van der Waals surface area contributed by atoms with E-state index in [0.717, 1.165) is 22.6 Å². The second kappa shape index (κ2) is 9.30. The van der Waals surface area contributed by atoms with E-state index in [1.807, 2.05) is 36.4 Å². The summed E-state index contributed by atoms with van der Waals surface area (Å²) in [5, 5.41) is 2.99. The molecule has 2 aromatic carbocycles. The van der Waals surface area contributed by atoms with Crippen molar-refractivity contribution in [1.29, 1.82) is 0 Å². The van der Waals surface area contributed by atoms with Crippen LogP contribution in [0.3, 0.4) is 0 Å². The van der Waals surface area contributed by atoms with E-state index in [4.69, 9.17) is 4.74 Å². The molecule has 6 heteroatoms. The van der Waals surface area contributed by atoms with Crippen molar-refractivity contribution in [2.75, 3.05) is 19.6 Å². The summed E-state index contributed by atoms with van der Waals surface area (Å²) in [5.74, 6) is 0.881. The minimum Gasteiger partial charge on any atom is -0.484 e. The maximum atomic E-state index is 12.5. The number of nitrogens with zero attached hydrogens (tertiary/aromatic N) is 3. The molecule has 1 atom stereocenters. The Morgan fingerprint density at radius 1 is 1.10 bits per heavy atom. The number of amides is 1. The quantitative estimate of drug-likeness (QED) is 0.703. The number of carbonyl (C=O) groups is 1. The first-order chi connectivity index (χ1) is 14.3. The Labute approximate surface area is 170 Å². The van der Waals surface area contributed by atoms with Gasteiger partial charge in [-0.1, -0.05) is 48.5 Å². The Morgan fingerprint density at radius 3 is 2.76 bits per heavy atom. The van der Waals surface area contributed by atoms with Crippen LogP contribution in [0.2, 0.25) is 0 Å². The Balaban J connectivity index is 1.41. The van der Waals surface area contributed by atoms with Crippen LogP contribution >= 0.6 is 0 Å². The van der Waals surface area contributed by atoms with Gasteiger partial charge in [0.1, 0.15) is 11.9 Å². The van der Waals surface area contributed by atoms with E-state index < -0.39 is 0 Å². The molecule has 0 saturated carbocycles. The molecule has 0 saturated heterocycles. The van der Waals surface area contributed by atoms with Crippen LogP contribution in [0.25, 0.3) is 0 Å². The van der Waals surface area contributed by atoms with Crippen molar-refractivity contribution in [3.8, 4) is 5.75 Å². The van der Waals surface area contributed by atoms with E-state index in [1.54, 1.807) is 18.6 Å². The van der Waals surface area contributed by atoms with Gasteiger partial charge in [0.2, 0.25) is 5.91 Å². The van der Waals surface area contributed by atoms with Crippen molar-refractivity contribution in [2.45, 2.75) is 19.1 Å². The second-order valence-corrected chi connectivity index (χ2v) is 7.09. The first-order valence-electron chi connectivity index (χ1n) is 9.81. The average molecular weight is 388 g/mol. The van der Waals surface area contributed by atoms with Crippen LogP contribution in [0.4, 0.5) is 0 Å². The highest BCUT2D eigenvalue weighted by atomic mass is 16.5. The number of hydrogen-bond acceptors (Lipinski definition) is 5. The van der Waals surface area contributed by atoms with Gasteiger partial charge < -0.3 is 10.1 Å². The van der Waals surface area contributed by atoms with Gasteiger partial charge in [-0.25, -0.2) is 0 Å². The Morgan fingerprint density at radius 2 is 1.93 bits per heavy atom. The van der Waals surface area contributed by atoms with Gasteiger partial charge in [0.05, 0.1) is 12.2 Å². The third kappa shape index (κ3) is 5.18. The second-order valence-electron chi connectivity index (χ2n) is 7.09. The molecule has 148 valence electrons. The molecule has 29 heavy (non-hydrogen) atoms. The van der Waals surface area contributed by atoms with Crippen molar-refractivity contribution in [2.24, 2.45) is 0 Å². The SMILES string of the molecule is O=C(CN1Cc2ccccc2OC(c2ccccc2)C1)NCCc1cnccn1. The van der Waals surface area contributed by atoms with Gasteiger partial charge in [-0.2, -0.15) is 0 Å². The van der Waals surface area contributed by atoms with Crippen LogP contribution in [0.15, 0.2) is 73.2 Å². The molecule has 1 N–H and O–H groups in total. The standard InChI is InChI=1S/C23H24N4O2/c28-23(26-11-10-20-14-24-12-13-25-20)17-27-15-19-8-4-5-9-21(19)29-22(16-27)18-6-2-1-3-7-18/h1-9,12-14,22H,10-11,15-17H2,(H,26,28). The number of rotatable bonds is 6. The zero-order valence-corrected chi connectivity index (χ0v) is 16.2. The highest BCUT2D eigenvalue weighted by molar-refractivity contribution is 5.78. The molecule has 1 aromatic heterocycles. The summed E-state index contributed by atoms with van der Waals surface area (Å²) in [6, 6.07) is 18.2. The topological polar surface area (TPSA) is 67.3 Å². The number of fused-ring (bicyclic) bond motifs is 1. The largest absolute Gasteiger partial charge is 0.484 e. The first-order valence-corrected chi connectivity index (χ1v) is 9.81. The number of para-hydroxylation sites is 1. The van der Waals surface area contributed by atoms with E-state index in [2.05, 4.69) is 38.4 Å². The molecule has 0 fully saturated rings. The molecule has 0 radical (unpaired) electrons. The van der Waals surface area contributed by atoms with Crippen LogP contribution in [0.1, 0.15) is 22.9 Å². The van der Waals surface area contributed by atoms with Gasteiger partial charge in [0, 0.05) is 50.2 Å². The lowest BCUT2D eigenvalue weighted by Crippen LogP contribution is -2.39. The highest BCUT2D eigenvalue weighted by Crippen LogP contribution is 2.30. The monoisotopic (exact) mass is 388 g/mol. The molecule has 0 spiro atoms. The third-order valence-electron chi connectivity index (χ3n) is 4.92. The van der Waals surface area contributed by atoms with Crippen LogP contribution in [-0.4, -0.2) is 40.4 Å². The van der Waals surface area contributed by atoms with Crippen LogP contribution in [0.5, 0.6) is 5.75 Å². The fourth-order valence-electron chi connectivity index (χ4n) is 3.49. The summed E-state index contributed by atoms with van der Waals surface area (Å²) in [6.07, 6.45) is 5.57. The Kier molecular flexibility index (Phi) is 6.12. The maximum Gasteiger partial charge on any atom is 0.234 e. The molecule has 1 amide bonds. The third-order valence-corrected chi connectivity index (χ3v) is 4.92. The lowest BCUT2D eigenvalue weighted by molar-refractivity contribution is -0.122. The Bertz CT molecular complexity index is 934. The van der Waals surface area contributed by atoms with Crippen molar-refractivity contribution in [3.63, 3.8) is 0 Å². The minimum absolute atomic E-state index is 0.0000770. The number of carbonyl (C=O) groups excluding carboxylic acids is 1. The molecule has 0 bridgehead atoms. The summed E-state index contributed by atoms with van der Waals surface area (Å²) < 4.78 is 6.31. The van der Waals surface area contributed by atoms with E-state index in [1.165, 1.54) is 0 Å². The average Bonchev–Trinajstić information content (AvgIpc) is 2.94. The van der Waals surface area contributed by atoms with Crippen LogP contribution in [-0.2, 0) is 17.8 Å². The molecule has 4 rings (SSSR count). The van der Waals surface area contributed by atoms with Gasteiger partial charge in [-0.15, -0.1) is 0 Å². The van der Waals surface area contributed by atoms with E-state index in [9.17, 15) is 4.79 Å². The molecular weight excluding hydrogens is 364 g/mol. The van der Waals surface area contributed by atoms with E-state index >= 15 is 0 Å². The van der Waals surface area contributed by atoms with Gasteiger partial charge in [0.15, 0.2) is 0 Å². The minimum atomic E-state index is -0.118. The van der Waals surface area contributed by atoms with Gasteiger partial charge >= 0.3 is 0 Å². The Hall–Kier alpha value is -3.25. The molecule has 1 unspecified atom stereocenters. The first kappa shape index (κ1) is 19.1. The van der Waals surface area contributed by atoms with Gasteiger partial charge in [-0.3, -0.25) is 19.7 Å². The smallest absolute Gasteiger partial charge is 0.234 e. The normalized spacial score (nSPS) is 16.3. The zero-order chi connectivity index (χ0) is 19.9. The summed E-state index contributed by atoms with van der Waals surface area (Å²) >= 11 is 0. The van der Waals surface area contributed by atoms with Crippen molar-refractivity contribution < 1.29 is 9.53 Å². The lowest BCUT2D eigenvalue weighted by Gasteiger charge is -2.23. The van der Waals surface area contributed by atoms with Gasteiger partial charge in [-0.05, 0) is 11.6 Å². The molecule has 1 aliphatic rings. The molecule has 1 aliphatic heterocycles. The lowest BCUT2D eigenvalue weighted by atomic mass is 10.1. The van der Waals surface area contributed by atoms with Crippen molar-refractivity contribution in [1.82, 2.24) is 20.2 Å². The van der Waals surface area contributed by atoms with Crippen molar-refractivity contribution in [3.05, 3.63) is 90.0 Å². The predicted molar refractivity (Wildman–Crippen MR) is 110 cm³/mol. The number of ether oxygens (including phenoxy) is 1. The molecule has 3 aromatic rings. The number of nitrogens with one attached hydrogen (secondary N) is 1. The zero-order valence-electron chi connectivity index (χ0n) is 16.2. The van der Waals surface area contributed by atoms with E-state index in [-0.39, 0.29) is 12.0 Å². The number of aromatic nitrogens is 2. The summed E-state index contributed by atoms with van der Waals surface area (Å²) in [5.41, 5.74) is 3.07. The fraction of sp³-hybridized carbons (Fsp3) is 0.261. The number of benzene rings is 2. The molecule has 0 aliphatic carbocycles. The van der Waals surface area contributed by atoms with Crippen LogP contribution < -0.4 is 10.1 Å². The maximum absolute atomic E-state index is 12.5. The van der Waals surface area contributed by atoms with Gasteiger partial charge in [0.25, 0.3) is 0 Å². The fourth-order valence-corrected chi connectivity index (χ4v) is 3.49. The van der Waals surface area contributed by atoms with E-state index in [0.29, 0.717) is 32.6 Å². The molecular formula is C23H24N4O2. The highest BCUT2D eigenvalue weighted by Gasteiger charge is 2.25. The predicted octanol–water partition coefficient (Wildman–Crippen LogP) is 2.77. The number of hydrogen-bond donors (Lipinski definition) is 1. The van der Waals surface area contributed by atoms with Crippen molar-refractivity contribution >= 4 is 5.91 Å².